The maximum absolute atomic E-state index is 9.29. The van der Waals surface area contributed by atoms with Gasteiger partial charge < -0.3 is 29.9 Å². The van der Waals surface area contributed by atoms with Gasteiger partial charge in [-0.2, -0.15) is 5.26 Å². The minimum absolute atomic E-state index is 0.00632. The van der Waals surface area contributed by atoms with E-state index in [9.17, 15) is 15.5 Å². The van der Waals surface area contributed by atoms with Crippen LogP contribution in [0.15, 0.2) is 85.2 Å². The molecule has 0 aliphatic heterocycles. The Morgan fingerprint density at radius 2 is 1.57 bits per heavy atom. The summed E-state index contributed by atoms with van der Waals surface area (Å²) in [5.41, 5.74) is 11.9. The molecule has 8 nitrogen and oxygen atoms in total. The Labute approximate surface area is 317 Å². The van der Waals surface area contributed by atoms with E-state index in [1.165, 1.54) is 6.20 Å². The van der Waals surface area contributed by atoms with Gasteiger partial charge in [0.05, 0.1) is 23.8 Å². The first-order chi connectivity index (χ1) is 25.7. The third-order valence-corrected chi connectivity index (χ3v) is 9.15. The fraction of sp³-hybridized carbons (Fsp3) is 0.273. The summed E-state index contributed by atoms with van der Waals surface area (Å²) < 4.78 is 12.6. The molecule has 0 atom stereocenters. The summed E-state index contributed by atoms with van der Waals surface area (Å²) in [4.78, 5) is 6.26. The van der Waals surface area contributed by atoms with Gasteiger partial charge in [0.15, 0.2) is 0 Å². The highest BCUT2D eigenvalue weighted by Crippen LogP contribution is 2.37. The van der Waals surface area contributed by atoms with Crippen LogP contribution in [0, 0.1) is 37.0 Å². The van der Waals surface area contributed by atoms with Crippen LogP contribution in [0.3, 0.4) is 0 Å². The molecular formula is C44H45ClN4O4. The summed E-state index contributed by atoms with van der Waals surface area (Å²) >= 11 is 6.76. The van der Waals surface area contributed by atoms with E-state index in [4.69, 9.17) is 21.1 Å². The molecule has 0 spiro atoms. The van der Waals surface area contributed by atoms with Gasteiger partial charge in [0, 0.05) is 61.2 Å². The summed E-state index contributed by atoms with van der Waals surface area (Å²) in [5.74, 6) is 7.45. The third kappa shape index (κ3) is 10.2. The second kappa shape index (κ2) is 19.0. The lowest BCUT2D eigenvalue weighted by Crippen LogP contribution is -2.18. The molecule has 53 heavy (non-hydrogen) atoms. The van der Waals surface area contributed by atoms with Crippen LogP contribution in [0.2, 0.25) is 5.02 Å². The number of pyridine rings is 1. The Hall–Kier alpha value is -5.19. The van der Waals surface area contributed by atoms with Crippen LogP contribution < -0.4 is 14.8 Å². The minimum Gasteiger partial charge on any atom is -0.488 e. The molecule has 1 aromatic heterocycles. The average Bonchev–Trinajstić information content (AvgIpc) is 3.15. The Morgan fingerprint density at radius 1 is 0.811 bits per heavy atom. The van der Waals surface area contributed by atoms with Crippen LogP contribution in [0.25, 0.3) is 22.3 Å². The maximum Gasteiger partial charge on any atom is 0.142 e. The zero-order valence-electron chi connectivity index (χ0n) is 30.7. The lowest BCUT2D eigenvalue weighted by atomic mass is 9.88. The number of aromatic nitrogens is 1. The van der Waals surface area contributed by atoms with Gasteiger partial charge in [-0.3, -0.25) is 4.98 Å². The predicted octanol–water partition coefficient (Wildman–Crippen LogP) is 7.59. The molecule has 0 saturated heterocycles. The van der Waals surface area contributed by atoms with Gasteiger partial charge in [-0.1, -0.05) is 72.0 Å². The van der Waals surface area contributed by atoms with E-state index in [1.54, 1.807) is 18.3 Å². The molecule has 9 heteroatoms. The number of halogens is 1. The van der Waals surface area contributed by atoms with Crippen LogP contribution >= 0.6 is 11.6 Å². The van der Waals surface area contributed by atoms with Crippen molar-refractivity contribution in [1.29, 1.82) is 5.26 Å². The first kappa shape index (κ1) is 39.0. The van der Waals surface area contributed by atoms with E-state index in [-0.39, 0.29) is 26.4 Å². The number of hydrogen-bond acceptors (Lipinski definition) is 8. The number of rotatable bonds is 15. The molecule has 0 bridgehead atoms. The normalized spacial score (nSPS) is 10.8. The van der Waals surface area contributed by atoms with Crippen molar-refractivity contribution in [3.63, 3.8) is 0 Å². The fourth-order valence-corrected chi connectivity index (χ4v) is 6.37. The first-order valence-corrected chi connectivity index (χ1v) is 17.9. The molecule has 0 fully saturated rings. The molecule has 5 rings (SSSR count). The topological polar surface area (TPSA) is 111 Å². The number of nitriles is 1. The molecule has 5 aromatic rings. The van der Waals surface area contributed by atoms with Crippen molar-refractivity contribution in [3.05, 3.63) is 135 Å². The van der Waals surface area contributed by atoms with Crippen LogP contribution in [-0.4, -0.2) is 54.0 Å². The Bertz CT molecular complexity index is 2150. The van der Waals surface area contributed by atoms with E-state index in [0.29, 0.717) is 41.6 Å². The maximum atomic E-state index is 9.29. The van der Waals surface area contributed by atoms with Gasteiger partial charge in [-0.15, -0.1) is 0 Å². The van der Waals surface area contributed by atoms with E-state index in [2.05, 4.69) is 95.5 Å². The van der Waals surface area contributed by atoms with Gasteiger partial charge in [-0.05, 0) is 90.6 Å². The monoisotopic (exact) mass is 728 g/mol. The van der Waals surface area contributed by atoms with Crippen LogP contribution in [0.5, 0.6) is 11.5 Å². The second-order valence-electron chi connectivity index (χ2n) is 13.0. The highest BCUT2D eigenvalue weighted by molar-refractivity contribution is 6.32. The molecule has 3 N–H and O–H groups in total. The fourth-order valence-electron chi connectivity index (χ4n) is 6.13. The summed E-state index contributed by atoms with van der Waals surface area (Å²) in [6, 6.07) is 26.6. The zero-order chi connectivity index (χ0) is 37.7. The molecule has 4 aromatic carbocycles. The second-order valence-corrected chi connectivity index (χ2v) is 13.4. The average molecular weight is 729 g/mol. The predicted molar refractivity (Wildman–Crippen MR) is 211 cm³/mol. The number of aliphatic hydroxyl groups is 2. The van der Waals surface area contributed by atoms with Gasteiger partial charge in [0.25, 0.3) is 0 Å². The highest BCUT2D eigenvalue weighted by Gasteiger charge is 2.16. The number of nitrogens with one attached hydrogen (secondary N) is 1. The Morgan fingerprint density at radius 3 is 2.32 bits per heavy atom. The summed E-state index contributed by atoms with van der Waals surface area (Å²) in [6.45, 7) is 6.44. The zero-order valence-corrected chi connectivity index (χ0v) is 31.4. The minimum atomic E-state index is 0.00632. The summed E-state index contributed by atoms with van der Waals surface area (Å²) in [5, 5.41) is 31.5. The number of benzene rings is 4. The van der Waals surface area contributed by atoms with Crippen molar-refractivity contribution in [2.24, 2.45) is 0 Å². The standard InChI is InChI=1S/C44H45ClN4O4/c1-30-37(29-53-44-22-43(38(21-42(44)45)26-47-16-18-51)52-28-33-19-32(23-46)24-48-25-33)10-7-12-40(30)41-13-8-11-39(31(41)2)35-14-15-36(27-49(3)4)34(20-35)9-5-6-17-50/h7-8,10-15,19-22,24-25,47,50-51H,6,16-18,26-29H2,1-4H3. The first-order valence-electron chi connectivity index (χ1n) is 17.5. The van der Waals surface area contributed by atoms with Gasteiger partial charge in [-0.25, -0.2) is 0 Å². The molecule has 0 radical (unpaired) electrons. The Kier molecular flexibility index (Phi) is 14.0. The molecule has 272 valence electrons. The van der Waals surface area contributed by atoms with E-state index in [0.717, 1.165) is 67.7 Å². The summed E-state index contributed by atoms with van der Waals surface area (Å²) in [6.07, 6.45) is 3.61. The molecule has 0 saturated carbocycles. The molecule has 1 heterocycles. The van der Waals surface area contributed by atoms with Crippen molar-refractivity contribution in [2.75, 3.05) is 33.9 Å². The van der Waals surface area contributed by atoms with Crippen LogP contribution in [0.1, 0.15) is 50.9 Å². The highest BCUT2D eigenvalue weighted by atomic mass is 35.5. The van der Waals surface area contributed by atoms with E-state index < -0.39 is 0 Å². The van der Waals surface area contributed by atoms with Gasteiger partial charge in [0.1, 0.15) is 30.8 Å². The van der Waals surface area contributed by atoms with Crippen LogP contribution in [0.4, 0.5) is 0 Å². The van der Waals surface area contributed by atoms with Gasteiger partial charge in [0.2, 0.25) is 0 Å². The van der Waals surface area contributed by atoms with E-state index >= 15 is 0 Å². The third-order valence-electron chi connectivity index (χ3n) is 8.86. The van der Waals surface area contributed by atoms with Crippen molar-refractivity contribution in [2.45, 2.75) is 46.6 Å². The summed E-state index contributed by atoms with van der Waals surface area (Å²) in [7, 11) is 4.09. The molecule has 0 aliphatic carbocycles. The number of ether oxygens (including phenoxy) is 2. The van der Waals surface area contributed by atoms with Crippen molar-refractivity contribution in [3.8, 4) is 51.7 Å². The number of nitrogens with zero attached hydrogens (tertiary/aromatic N) is 3. The number of hydrogen-bond donors (Lipinski definition) is 3. The lowest BCUT2D eigenvalue weighted by Gasteiger charge is -2.18. The van der Waals surface area contributed by atoms with Crippen molar-refractivity contribution in [1.82, 2.24) is 15.2 Å². The quantitative estimate of drug-likeness (QED) is 0.0748. The van der Waals surface area contributed by atoms with Gasteiger partial charge >= 0.3 is 0 Å². The molecule has 0 unspecified atom stereocenters. The largest absolute Gasteiger partial charge is 0.488 e. The SMILES string of the molecule is Cc1c(COc2cc(OCc3cncc(C#N)c3)c(CNCCO)cc2Cl)cccc1-c1cccc(-c2ccc(CN(C)C)c(C#CCCO)c2)c1C. The van der Waals surface area contributed by atoms with Crippen LogP contribution in [-0.2, 0) is 26.3 Å². The lowest BCUT2D eigenvalue weighted by molar-refractivity contribution is 0.282. The Balaban J connectivity index is 1.41. The van der Waals surface area contributed by atoms with Crippen molar-refractivity contribution >= 4 is 11.6 Å². The number of aliphatic hydroxyl groups excluding tert-OH is 2. The molecule has 0 aliphatic rings. The molecule has 0 amide bonds. The molecular weight excluding hydrogens is 684 g/mol. The smallest absolute Gasteiger partial charge is 0.142 e. The van der Waals surface area contributed by atoms with Crippen molar-refractivity contribution < 1.29 is 19.7 Å². The van der Waals surface area contributed by atoms with E-state index in [1.807, 2.05) is 26.2 Å².